The van der Waals surface area contributed by atoms with Gasteiger partial charge in [-0.25, -0.2) is 4.98 Å². The third kappa shape index (κ3) is 3.25. The maximum absolute atomic E-state index is 5.87. The van der Waals surface area contributed by atoms with Crippen molar-refractivity contribution >= 4 is 17.5 Å². The van der Waals surface area contributed by atoms with Gasteiger partial charge in [0.25, 0.3) is 0 Å². The molecule has 0 aromatic carbocycles. The van der Waals surface area contributed by atoms with Crippen molar-refractivity contribution in [1.29, 1.82) is 0 Å². The van der Waals surface area contributed by atoms with Crippen LogP contribution in [-0.4, -0.2) is 46.4 Å². The first-order valence-electron chi connectivity index (χ1n) is 6.62. The SMILES string of the molecule is Nc1cc(CN2CCOCC2)cc(Nc2ccn[nH]2)n1. The van der Waals surface area contributed by atoms with Crippen LogP contribution < -0.4 is 11.1 Å². The number of H-pyrrole nitrogens is 1. The van der Waals surface area contributed by atoms with Gasteiger partial charge in [-0.15, -0.1) is 0 Å². The Morgan fingerprint density at radius 1 is 1.35 bits per heavy atom. The van der Waals surface area contributed by atoms with Crippen molar-refractivity contribution in [2.75, 3.05) is 37.4 Å². The fraction of sp³-hybridized carbons (Fsp3) is 0.385. The molecule has 4 N–H and O–H groups in total. The summed E-state index contributed by atoms with van der Waals surface area (Å²) in [4.78, 5) is 6.62. The molecule has 0 bridgehead atoms. The maximum Gasteiger partial charge on any atom is 0.134 e. The molecule has 0 saturated carbocycles. The number of nitrogens with two attached hydrogens (primary N) is 1. The number of aromatic nitrogens is 3. The number of ether oxygens (including phenoxy) is 1. The summed E-state index contributed by atoms with van der Waals surface area (Å²) in [6, 6.07) is 5.76. The van der Waals surface area contributed by atoms with Crippen LogP contribution in [0.4, 0.5) is 17.5 Å². The summed E-state index contributed by atoms with van der Waals surface area (Å²) in [6.45, 7) is 4.34. The Morgan fingerprint density at radius 2 is 2.20 bits per heavy atom. The van der Waals surface area contributed by atoms with E-state index in [-0.39, 0.29) is 0 Å². The number of nitrogens with zero attached hydrogens (tertiary/aromatic N) is 3. The van der Waals surface area contributed by atoms with Gasteiger partial charge in [0.05, 0.1) is 19.4 Å². The summed E-state index contributed by atoms with van der Waals surface area (Å²) in [6.07, 6.45) is 1.68. The molecule has 106 valence electrons. The minimum atomic E-state index is 0.512. The van der Waals surface area contributed by atoms with E-state index in [1.54, 1.807) is 6.20 Å². The molecule has 1 saturated heterocycles. The first-order valence-corrected chi connectivity index (χ1v) is 6.62. The molecule has 1 aliphatic rings. The molecule has 7 nitrogen and oxygen atoms in total. The van der Waals surface area contributed by atoms with Crippen LogP contribution in [0.5, 0.6) is 0 Å². The van der Waals surface area contributed by atoms with E-state index in [4.69, 9.17) is 10.5 Å². The molecule has 3 rings (SSSR count). The van der Waals surface area contributed by atoms with Crippen LogP contribution in [0, 0.1) is 0 Å². The van der Waals surface area contributed by atoms with Crippen LogP contribution in [-0.2, 0) is 11.3 Å². The zero-order valence-corrected chi connectivity index (χ0v) is 11.2. The molecule has 20 heavy (non-hydrogen) atoms. The third-order valence-corrected chi connectivity index (χ3v) is 3.18. The molecule has 2 aromatic heterocycles. The van der Waals surface area contributed by atoms with Gasteiger partial charge in [-0.2, -0.15) is 5.10 Å². The summed E-state index contributed by atoms with van der Waals surface area (Å²) in [7, 11) is 0. The number of hydrogen-bond acceptors (Lipinski definition) is 6. The predicted octanol–water partition coefficient (Wildman–Crippen LogP) is 0.963. The maximum atomic E-state index is 5.87. The highest BCUT2D eigenvalue weighted by molar-refractivity contribution is 5.55. The van der Waals surface area contributed by atoms with E-state index in [0.717, 1.165) is 50.0 Å². The van der Waals surface area contributed by atoms with Gasteiger partial charge in [-0.1, -0.05) is 0 Å². The Balaban J connectivity index is 1.72. The lowest BCUT2D eigenvalue weighted by molar-refractivity contribution is 0.0342. The van der Waals surface area contributed by atoms with E-state index in [1.807, 2.05) is 18.2 Å². The minimum absolute atomic E-state index is 0.512. The van der Waals surface area contributed by atoms with Crippen molar-refractivity contribution < 1.29 is 4.74 Å². The third-order valence-electron chi connectivity index (χ3n) is 3.18. The van der Waals surface area contributed by atoms with Gasteiger partial charge >= 0.3 is 0 Å². The molecule has 0 aliphatic carbocycles. The largest absolute Gasteiger partial charge is 0.384 e. The molecule has 0 atom stereocenters. The summed E-state index contributed by atoms with van der Waals surface area (Å²) >= 11 is 0. The Bertz CT molecular complexity index is 550. The highest BCUT2D eigenvalue weighted by Gasteiger charge is 2.11. The second kappa shape index (κ2) is 5.89. The summed E-state index contributed by atoms with van der Waals surface area (Å²) in [5, 5.41) is 9.88. The molecule has 3 heterocycles. The lowest BCUT2D eigenvalue weighted by Crippen LogP contribution is -2.35. The molecule has 0 spiro atoms. The van der Waals surface area contributed by atoms with E-state index in [9.17, 15) is 0 Å². The van der Waals surface area contributed by atoms with Gasteiger partial charge in [0, 0.05) is 25.7 Å². The number of pyridine rings is 1. The van der Waals surface area contributed by atoms with Crippen LogP contribution in [0.25, 0.3) is 0 Å². The number of anilines is 3. The van der Waals surface area contributed by atoms with E-state index >= 15 is 0 Å². The van der Waals surface area contributed by atoms with Crippen LogP contribution in [0.2, 0.25) is 0 Å². The van der Waals surface area contributed by atoms with Gasteiger partial charge in [0.2, 0.25) is 0 Å². The Hall–Kier alpha value is -2.12. The summed E-state index contributed by atoms with van der Waals surface area (Å²) < 4.78 is 5.35. The van der Waals surface area contributed by atoms with Crippen LogP contribution in [0.1, 0.15) is 5.56 Å². The van der Waals surface area contributed by atoms with Crippen molar-refractivity contribution in [2.24, 2.45) is 0 Å². The van der Waals surface area contributed by atoms with E-state index in [2.05, 4.69) is 25.4 Å². The van der Waals surface area contributed by atoms with Gasteiger partial charge in [0.15, 0.2) is 0 Å². The summed E-state index contributed by atoms with van der Waals surface area (Å²) in [5.41, 5.74) is 7.01. The second-order valence-corrected chi connectivity index (χ2v) is 4.77. The molecule has 7 heteroatoms. The zero-order valence-electron chi connectivity index (χ0n) is 11.2. The molecule has 1 fully saturated rings. The second-order valence-electron chi connectivity index (χ2n) is 4.77. The minimum Gasteiger partial charge on any atom is -0.384 e. The fourth-order valence-corrected chi connectivity index (χ4v) is 2.25. The Morgan fingerprint density at radius 3 is 2.95 bits per heavy atom. The van der Waals surface area contributed by atoms with Gasteiger partial charge < -0.3 is 15.8 Å². The van der Waals surface area contributed by atoms with Crippen molar-refractivity contribution in [3.05, 3.63) is 30.0 Å². The van der Waals surface area contributed by atoms with Crippen molar-refractivity contribution in [3.63, 3.8) is 0 Å². The van der Waals surface area contributed by atoms with Crippen molar-refractivity contribution in [2.45, 2.75) is 6.54 Å². The fourth-order valence-electron chi connectivity index (χ4n) is 2.25. The standard InChI is InChI=1S/C13H18N6O/c14-11-7-10(9-19-3-5-20-6-4-19)8-13(16-11)17-12-1-2-15-18-12/h1-2,7-8H,3-6,9H2,(H4,14,15,16,17,18). The molecule has 0 unspecified atom stereocenters. The van der Waals surface area contributed by atoms with Crippen molar-refractivity contribution in [3.8, 4) is 0 Å². The zero-order chi connectivity index (χ0) is 13.8. The highest BCUT2D eigenvalue weighted by atomic mass is 16.5. The lowest BCUT2D eigenvalue weighted by atomic mass is 10.2. The van der Waals surface area contributed by atoms with Gasteiger partial charge in [-0.05, 0) is 17.7 Å². The quantitative estimate of drug-likeness (QED) is 0.769. The van der Waals surface area contributed by atoms with Gasteiger partial charge in [-0.3, -0.25) is 10.00 Å². The van der Waals surface area contributed by atoms with E-state index in [0.29, 0.717) is 5.82 Å². The summed E-state index contributed by atoms with van der Waals surface area (Å²) in [5.74, 6) is 2.02. The first-order chi connectivity index (χ1) is 9.79. The molecule has 2 aromatic rings. The monoisotopic (exact) mass is 274 g/mol. The molecular weight excluding hydrogens is 256 g/mol. The average molecular weight is 274 g/mol. The lowest BCUT2D eigenvalue weighted by Gasteiger charge is -2.26. The topological polar surface area (TPSA) is 92.1 Å². The number of aromatic amines is 1. The molecule has 1 aliphatic heterocycles. The normalized spacial score (nSPS) is 16.2. The Kier molecular flexibility index (Phi) is 3.80. The Labute approximate surface area is 117 Å². The number of rotatable bonds is 4. The van der Waals surface area contributed by atoms with Crippen LogP contribution in [0.3, 0.4) is 0 Å². The highest BCUT2D eigenvalue weighted by Crippen LogP contribution is 2.17. The number of nitrogens with one attached hydrogen (secondary N) is 2. The molecule has 0 radical (unpaired) electrons. The average Bonchev–Trinajstić information content (AvgIpc) is 2.92. The molecule has 0 amide bonds. The van der Waals surface area contributed by atoms with Gasteiger partial charge in [0.1, 0.15) is 17.5 Å². The predicted molar refractivity (Wildman–Crippen MR) is 76.6 cm³/mol. The number of hydrogen-bond donors (Lipinski definition) is 3. The molecular formula is C13H18N6O. The smallest absolute Gasteiger partial charge is 0.134 e. The van der Waals surface area contributed by atoms with E-state index in [1.165, 1.54) is 0 Å². The van der Waals surface area contributed by atoms with Crippen molar-refractivity contribution in [1.82, 2.24) is 20.1 Å². The van der Waals surface area contributed by atoms with Crippen LogP contribution >= 0.6 is 0 Å². The van der Waals surface area contributed by atoms with E-state index < -0.39 is 0 Å². The number of nitrogen functional groups attached to an aromatic ring is 1. The van der Waals surface area contributed by atoms with Crippen LogP contribution in [0.15, 0.2) is 24.4 Å². The first kappa shape index (κ1) is 12.9. The number of morpholine rings is 1.